The molecule has 0 aliphatic rings. The fourth-order valence-electron chi connectivity index (χ4n) is 0.902. The van der Waals surface area contributed by atoms with E-state index in [1.165, 1.54) is 0 Å². The van der Waals surface area contributed by atoms with Gasteiger partial charge in [-0.05, 0) is 20.8 Å². The zero-order valence-electron chi connectivity index (χ0n) is 8.66. The zero-order chi connectivity index (χ0) is 10.5. The van der Waals surface area contributed by atoms with E-state index in [1.54, 1.807) is 0 Å². The van der Waals surface area contributed by atoms with Gasteiger partial charge in [0.25, 0.3) is 10.1 Å². The van der Waals surface area contributed by atoms with E-state index in [4.69, 9.17) is 4.74 Å². The van der Waals surface area contributed by atoms with Gasteiger partial charge in [-0.15, -0.1) is 0 Å². The van der Waals surface area contributed by atoms with Gasteiger partial charge in [0.2, 0.25) is 0 Å². The molecule has 0 N–H and O–H groups in total. The third-order valence-electron chi connectivity index (χ3n) is 1.54. The molecule has 0 unspecified atom stereocenters. The molecule has 0 aliphatic carbocycles. The maximum absolute atomic E-state index is 10.6. The lowest BCUT2D eigenvalue weighted by Crippen LogP contribution is -2.26. The molecule has 13 heavy (non-hydrogen) atoms. The second-order valence-electron chi connectivity index (χ2n) is 3.47. The van der Waals surface area contributed by atoms with E-state index in [9.17, 15) is 8.42 Å². The van der Waals surface area contributed by atoms with Crippen LogP contribution in [0.4, 0.5) is 0 Å². The molecule has 0 spiro atoms. The van der Waals surface area contributed by atoms with Gasteiger partial charge >= 0.3 is 0 Å². The fraction of sp³-hybridized carbons (Fsp3) is 1.00. The lowest BCUT2D eigenvalue weighted by molar-refractivity contribution is -0.0232. The molecule has 0 saturated carbocycles. The quantitative estimate of drug-likeness (QED) is 0.617. The van der Waals surface area contributed by atoms with Crippen LogP contribution in [0.2, 0.25) is 0 Å². The first-order valence-electron chi connectivity index (χ1n) is 4.25. The second-order valence-corrected chi connectivity index (χ2v) is 5.11. The largest absolute Gasteiger partial charge is 0.376 e. The Hall–Kier alpha value is -0.130. The van der Waals surface area contributed by atoms with Crippen LogP contribution >= 0.6 is 0 Å². The molecule has 0 aromatic rings. The van der Waals surface area contributed by atoms with Crippen molar-refractivity contribution in [2.45, 2.75) is 32.8 Å². The van der Waals surface area contributed by atoms with Crippen LogP contribution in [0.1, 0.15) is 27.2 Å². The Balaban J connectivity index is 3.76. The minimum absolute atomic E-state index is 0.172. The topological polar surface area (TPSA) is 52.6 Å². The van der Waals surface area contributed by atoms with Crippen LogP contribution in [0, 0.1) is 0 Å². The van der Waals surface area contributed by atoms with Gasteiger partial charge in [-0.1, -0.05) is 0 Å². The molecule has 0 radical (unpaired) electrons. The van der Waals surface area contributed by atoms with Gasteiger partial charge in [0.05, 0.1) is 18.5 Å². The Morgan fingerprint density at radius 2 is 1.85 bits per heavy atom. The highest BCUT2D eigenvalue weighted by atomic mass is 32.2. The molecule has 0 rings (SSSR count). The molecule has 0 atom stereocenters. The summed E-state index contributed by atoms with van der Waals surface area (Å²) in [5.74, 6) is 0. The van der Waals surface area contributed by atoms with E-state index in [0.29, 0.717) is 13.0 Å². The molecule has 0 saturated heterocycles. The molecule has 4 nitrogen and oxygen atoms in total. The second kappa shape index (κ2) is 4.93. The van der Waals surface area contributed by atoms with Crippen LogP contribution in [0.5, 0.6) is 0 Å². The van der Waals surface area contributed by atoms with Crippen molar-refractivity contribution in [2.75, 3.05) is 19.5 Å². The molecule has 80 valence electrons. The van der Waals surface area contributed by atoms with E-state index in [2.05, 4.69) is 4.18 Å². The molecule has 0 aliphatic heterocycles. The van der Waals surface area contributed by atoms with Crippen molar-refractivity contribution in [2.24, 2.45) is 0 Å². The summed E-state index contributed by atoms with van der Waals surface area (Å²) in [5, 5.41) is 0. The fourth-order valence-corrected chi connectivity index (χ4v) is 1.29. The SMILES string of the molecule is CCOC(C)(C)CCOS(C)(=O)=O. The van der Waals surface area contributed by atoms with Crippen molar-refractivity contribution in [1.29, 1.82) is 0 Å². The average Bonchev–Trinajstić information content (AvgIpc) is 1.82. The van der Waals surface area contributed by atoms with Gasteiger partial charge in [-0.25, -0.2) is 0 Å². The monoisotopic (exact) mass is 210 g/mol. The van der Waals surface area contributed by atoms with E-state index in [-0.39, 0.29) is 12.2 Å². The van der Waals surface area contributed by atoms with E-state index in [1.807, 2.05) is 20.8 Å². The first-order chi connectivity index (χ1) is 5.77. The van der Waals surface area contributed by atoms with Gasteiger partial charge in [0.1, 0.15) is 0 Å². The van der Waals surface area contributed by atoms with Crippen LogP contribution in [0.25, 0.3) is 0 Å². The van der Waals surface area contributed by atoms with Crippen LogP contribution in [0.15, 0.2) is 0 Å². The Morgan fingerprint density at radius 3 is 2.23 bits per heavy atom. The van der Waals surface area contributed by atoms with Gasteiger partial charge in [0, 0.05) is 13.0 Å². The normalized spacial score (nSPS) is 13.2. The van der Waals surface area contributed by atoms with Crippen molar-refractivity contribution < 1.29 is 17.3 Å². The molecule has 0 bridgehead atoms. The lowest BCUT2D eigenvalue weighted by atomic mass is 10.1. The predicted octanol–water partition coefficient (Wildman–Crippen LogP) is 1.17. The first-order valence-corrected chi connectivity index (χ1v) is 6.07. The van der Waals surface area contributed by atoms with Crippen molar-refractivity contribution >= 4 is 10.1 Å². The number of hydrogen-bond donors (Lipinski definition) is 0. The Bertz CT molecular complexity index is 231. The van der Waals surface area contributed by atoms with Crippen LogP contribution < -0.4 is 0 Å². The van der Waals surface area contributed by atoms with Crippen molar-refractivity contribution in [1.82, 2.24) is 0 Å². The summed E-state index contributed by atoms with van der Waals surface area (Å²) in [5.41, 5.74) is -0.320. The van der Waals surface area contributed by atoms with E-state index < -0.39 is 10.1 Å². The van der Waals surface area contributed by atoms with Crippen LogP contribution in [-0.4, -0.2) is 33.5 Å². The minimum atomic E-state index is -3.32. The molecule has 0 fully saturated rings. The Kier molecular flexibility index (Phi) is 4.88. The highest BCUT2D eigenvalue weighted by Gasteiger charge is 2.18. The van der Waals surface area contributed by atoms with Crippen molar-refractivity contribution in [3.05, 3.63) is 0 Å². The van der Waals surface area contributed by atoms with E-state index in [0.717, 1.165) is 6.26 Å². The maximum atomic E-state index is 10.6. The Morgan fingerprint density at radius 1 is 1.31 bits per heavy atom. The van der Waals surface area contributed by atoms with Crippen LogP contribution in [-0.2, 0) is 19.0 Å². The molecular formula is C8H18O4S. The van der Waals surface area contributed by atoms with Gasteiger partial charge in [-0.2, -0.15) is 8.42 Å². The lowest BCUT2D eigenvalue weighted by Gasteiger charge is -2.23. The summed E-state index contributed by atoms with van der Waals surface area (Å²) in [6, 6.07) is 0. The van der Waals surface area contributed by atoms with Gasteiger partial charge in [0.15, 0.2) is 0 Å². The van der Waals surface area contributed by atoms with Gasteiger partial charge in [-0.3, -0.25) is 4.18 Å². The molecular weight excluding hydrogens is 192 g/mol. The summed E-state index contributed by atoms with van der Waals surface area (Å²) >= 11 is 0. The number of ether oxygens (including phenoxy) is 1. The maximum Gasteiger partial charge on any atom is 0.264 e. The Labute approximate surface area is 80.4 Å². The number of hydrogen-bond acceptors (Lipinski definition) is 4. The van der Waals surface area contributed by atoms with Gasteiger partial charge < -0.3 is 4.74 Å². The summed E-state index contributed by atoms with van der Waals surface area (Å²) in [6.07, 6.45) is 1.61. The molecule has 0 aromatic carbocycles. The third-order valence-corrected chi connectivity index (χ3v) is 2.13. The molecule has 0 aromatic heterocycles. The number of rotatable bonds is 6. The summed E-state index contributed by atoms with van der Waals surface area (Å²) < 4.78 is 31.2. The molecule has 0 heterocycles. The van der Waals surface area contributed by atoms with E-state index >= 15 is 0 Å². The smallest absolute Gasteiger partial charge is 0.264 e. The van der Waals surface area contributed by atoms with Crippen molar-refractivity contribution in [3.8, 4) is 0 Å². The zero-order valence-corrected chi connectivity index (χ0v) is 9.48. The standard InChI is InChI=1S/C8H18O4S/c1-5-11-8(2,3)6-7-12-13(4,9)10/h5-7H2,1-4H3. The first kappa shape index (κ1) is 12.9. The highest BCUT2D eigenvalue weighted by Crippen LogP contribution is 2.14. The molecule has 0 amide bonds. The summed E-state index contributed by atoms with van der Waals surface area (Å²) in [7, 11) is -3.32. The van der Waals surface area contributed by atoms with Crippen LogP contribution in [0.3, 0.4) is 0 Å². The average molecular weight is 210 g/mol. The summed E-state index contributed by atoms with van der Waals surface area (Å²) in [6.45, 7) is 6.50. The highest BCUT2D eigenvalue weighted by molar-refractivity contribution is 7.85. The third kappa shape index (κ3) is 8.21. The minimum Gasteiger partial charge on any atom is -0.376 e. The van der Waals surface area contributed by atoms with Crippen molar-refractivity contribution in [3.63, 3.8) is 0 Å². The molecule has 5 heteroatoms. The summed E-state index contributed by atoms with van der Waals surface area (Å²) in [4.78, 5) is 0. The predicted molar refractivity (Wildman–Crippen MR) is 51.1 cm³/mol.